The van der Waals surface area contributed by atoms with Gasteiger partial charge in [0.1, 0.15) is 0 Å². The molecule has 88 valence electrons. The fourth-order valence-corrected chi connectivity index (χ4v) is 1.48. The van der Waals surface area contributed by atoms with Crippen LogP contribution < -0.4 is 0 Å². The van der Waals surface area contributed by atoms with E-state index in [9.17, 15) is 4.79 Å². The van der Waals surface area contributed by atoms with E-state index in [4.69, 9.17) is 11.2 Å². The Labute approximate surface area is 105 Å². The summed E-state index contributed by atoms with van der Waals surface area (Å²) in [6, 6.07) is 12.2. The second-order valence-electron chi connectivity index (χ2n) is 3.60. The summed E-state index contributed by atoms with van der Waals surface area (Å²) >= 11 is 0. The van der Waals surface area contributed by atoms with Crippen LogP contribution in [0.25, 0.3) is 0 Å². The zero-order valence-electron chi connectivity index (χ0n) is 9.61. The first-order chi connectivity index (χ1) is 8.81. The predicted molar refractivity (Wildman–Crippen MR) is 67.7 cm³/mol. The molecule has 0 saturated heterocycles. The summed E-state index contributed by atoms with van der Waals surface area (Å²) in [5, 5.41) is 0. The average molecular weight is 237 g/mol. The maximum Gasteiger partial charge on any atom is 0.339 e. The van der Waals surface area contributed by atoms with Crippen LogP contribution in [0.3, 0.4) is 0 Å². The lowest BCUT2D eigenvalue weighted by Crippen LogP contribution is -2.10. The summed E-state index contributed by atoms with van der Waals surface area (Å²) in [5.74, 6) is 1.99. The number of terminal acetylenes is 1. The monoisotopic (exact) mass is 237 g/mol. The molecule has 0 fully saturated rings. The molecule has 0 radical (unpaired) electrons. The zero-order valence-corrected chi connectivity index (χ0v) is 9.61. The van der Waals surface area contributed by atoms with Gasteiger partial charge in [0.05, 0.1) is 5.56 Å². The van der Waals surface area contributed by atoms with E-state index in [1.165, 1.54) is 0 Å². The van der Waals surface area contributed by atoms with E-state index in [0.29, 0.717) is 11.1 Å². The summed E-state index contributed by atoms with van der Waals surface area (Å²) in [6.07, 6.45) is 7.88. The molecule has 0 spiro atoms. The molecule has 18 heavy (non-hydrogen) atoms. The lowest BCUT2D eigenvalue weighted by Gasteiger charge is -2.12. The van der Waals surface area contributed by atoms with Gasteiger partial charge in [-0.25, -0.2) is 4.79 Å². The summed E-state index contributed by atoms with van der Waals surface area (Å²) in [4.78, 5) is 15.8. The van der Waals surface area contributed by atoms with Gasteiger partial charge in [-0.05, 0) is 18.2 Å². The Morgan fingerprint density at radius 3 is 2.61 bits per heavy atom. The van der Waals surface area contributed by atoms with Gasteiger partial charge >= 0.3 is 5.97 Å². The molecule has 2 rings (SSSR count). The van der Waals surface area contributed by atoms with Crippen molar-refractivity contribution in [3.63, 3.8) is 0 Å². The zero-order chi connectivity index (χ0) is 12.8. The van der Waals surface area contributed by atoms with E-state index in [0.717, 1.165) is 0 Å². The fraction of sp³-hybridized carbons (Fsp3) is 0.0667. The van der Waals surface area contributed by atoms with E-state index in [-0.39, 0.29) is 0 Å². The Morgan fingerprint density at radius 2 is 2.00 bits per heavy atom. The lowest BCUT2D eigenvalue weighted by molar-refractivity contribution is 0.0407. The van der Waals surface area contributed by atoms with Crippen molar-refractivity contribution in [3.8, 4) is 12.3 Å². The van der Waals surface area contributed by atoms with Crippen molar-refractivity contribution < 1.29 is 9.53 Å². The number of aromatic nitrogens is 1. The minimum Gasteiger partial charge on any atom is -0.440 e. The number of hydrogen-bond donors (Lipinski definition) is 0. The van der Waals surface area contributed by atoms with Crippen molar-refractivity contribution in [2.24, 2.45) is 0 Å². The number of carbonyl (C=O) groups is 1. The molecule has 0 aliphatic rings. The van der Waals surface area contributed by atoms with Gasteiger partial charge in [-0.3, -0.25) is 4.98 Å². The van der Waals surface area contributed by atoms with E-state index >= 15 is 0 Å². The minimum absolute atomic E-state index is 0.442. The topological polar surface area (TPSA) is 39.2 Å². The van der Waals surface area contributed by atoms with Crippen LogP contribution in [0.5, 0.6) is 0 Å². The summed E-state index contributed by atoms with van der Waals surface area (Å²) in [6.45, 7) is 0. The Kier molecular flexibility index (Phi) is 3.72. The average Bonchev–Trinajstić information content (AvgIpc) is 2.46. The molecule has 1 aromatic heterocycles. The summed E-state index contributed by atoms with van der Waals surface area (Å²) < 4.78 is 5.26. The van der Waals surface area contributed by atoms with E-state index < -0.39 is 12.1 Å². The largest absolute Gasteiger partial charge is 0.440 e. The van der Waals surface area contributed by atoms with Crippen molar-refractivity contribution in [3.05, 3.63) is 66.0 Å². The number of benzene rings is 1. The smallest absolute Gasteiger partial charge is 0.339 e. The molecule has 1 unspecified atom stereocenters. The van der Waals surface area contributed by atoms with Crippen LogP contribution >= 0.6 is 0 Å². The molecule has 0 bridgehead atoms. The van der Waals surface area contributed by atoms with Gasteiger partial charge in [0.2, 0.25) is 0 Å². The van der Waals surface area contributed by atoms with Crippen molar-refractivity contribution in [1.82, 2.24) is 4.98 Å². The molecule has 3 heteroatoms. The Bertz CT molecular complexity index is 558. The van der Waals surface area contributed by atoms with E-state index in [1.54, 1.807) is 48.8 Å². The number of hydrogen-bond acceptors (Lipinski definition) is 3. The van der Waals surface area contributed by atoms with Gasteiger partial charge in [-0.2, -0.15) is 0 Å². The Hall–Kier alpha value is -2.60. The fourth-order valence-electron chi connectivity index (χ4n) is 1.48. The maximum absolute atomic E-state index is 11.8. The second-order valence-corrected chi connectivity index (χ2v) is 3.60. The third-order valence-corrected chi connectivity index (χ3v) is 2.37. The Morgan fingerprint density at radius 1 is 1.22 bits per heavy atom. The molecule has 1 heterocycles. The molecule has 0 N–H and O–H groups in total. The summed E-state index contributed by atoms with van der Waals surface area (Å²) in [7, 11) is 0. The molecular weight excluding hydrogens is 226 g/mol. The van der Waals surface area contributed by atoms with Crippen molar-refractivity contribution in [2.75, 3.05) is 0 Å². The lowest BCUT2D eigenvalue weighted by atomic mass is 10.1. The number of ether oxygens (including phenoxy) is 1. The van der Waals surface area contributed by atoms with Gasteiger partial charge in [-0.15, -0.1) is 6.42 Å². The van der Waals surface area contributed by atoms with Gasteiger partial charge in [-0.1, -0.05) is 30.2 Å². The van der Waals surface area contributed by atoms with Crippen LogP contribution in [0.15, 0.2) is 54.9 Å². The maximum atomic E-state index is 11.8. The number of nitrogens with zero attached hydrogens (tertiary/aromatic N) is 1. The molecule has 0 aliphatic heterocycles. The molecule has 1 atom stereocenters. The van der Waals surface area contributed by atoms with Gasteiger partial charge < -0.3 is 4.74 Å². The van der Waals surface area contributed by atoms with Crippen LogP contribution in [-0.2, 0) is 4.74 Å². The molecular formula is C15H11NO2. The number of carbonyl (C=O) groups excluding carboxylic acids is 1. The van der Waals surface area contributed by atoms with Gasteiger partial charge in [0.25, 0.3) is 0 Å². The van der Waals surface area contributed by atoms with Crippen molar-refractivity contribution >= 4 is 5.97 Å². The third-order valence-electron chi connectivity index (χ3n) is 2.37. The molecule has 0 saturated carbocycles. The number of pyridine rings is 1. The minimum atomic E-state index is -0.716. The number of esters is 1. The van der Waals surface area contributed by atoms with Gasteiger partial charge in [0, 0.05) is 18.0 Å². The summed E-state index contributed by atoms with van der Waals surface area (Å²) in [5.41, 5.74) is 1.16. The van der Waals surface area contributed by atoms with E-state index in [2.05, 4.69) is 10.9 Å². The van der Waals surface area contributed by atoms with Gasteiger partial charge in [0.15, 0.2) is 6.10 Å². The highest BCUT2D eigenvalue weighted by Crippen LogP contribution is 2.17. The molecule has 3 nitrogen and oxygen atoms in total. The molecule has 1 aromatic carbocycles. The molecule has 0 amide bonds. The molecule has 0 aliphatic carbocycles. The van der Waals surface area contributed by atoms with Crippen molar-refractivity contribution in [2.45, 2.75) is 6.10 Å². The predicted octanol–water partition coefficient (Wildman–Crippen LogP) is 2.61. The highest BCUT2D eigenvalue weighted by molar-refractivity contribution is 5.89. The van der Waals surface area contributed by atoms with Crippen LogP contribution in [0.2, 0.25) is 0 Å². The third kappa shape index (κ3) is 2.74. The molecule has 2 aromatic rings. The van der Waals surface area contributed by atoms with Crippen LogP contribution in [0.1, 0.15) is 22.0 Å². The highest BCUT2D eigenvalue weighted by Gasteiger charge is 2.15. The Balaban J connectivity index is 2.14. The van der Waals surface area contributed by atoms with Crippen molar-refractivity contribution in [1.29, 1.82) is 0 Å². The van der Waals surface area contributed by atoms with E-state index in [1.807, 2.05) is 6.07 Å². The quantitative estimate of drug-likeness (QED) is 0.608. The second kappa shape index (κ2) is 5.65. The first-order valence-corrected chi connectivity index (χ1v) is 5.43. The number of rotatable bonds is 3. The first-order valence-electron chi connectivity index (χ1n) is 5.43. The van der Waals surface area contributed by atoms with Crippen LogP contribution in [0.4, 0.5) is 0 Å². The SMILES string of the molecule is C#CC(OC(=O)c1ccccc1)c1cccnc1. The standard InChI is InChI=1S/C15H11NO2/c1-2-14(13-9-6-10-16-11-13)18-15(17)12-7-4-3-5-8-12/h1,3-11,14H. The normalized spacial score (nSPS) is 11.3. The van der Waals surface area contributed by atoms with Crippen LogP contribution in [-0.4, -0.2) is 11.0 Å². The highest BCUT2D eigenvalue weighted by atomic mass is 16.5. The van der Waals surface area contributed by atoms with Crippen LogP contribution in [0, 0.1) is 12.3 Å². The first kappa shape index (κ1) is 11.9.